The summed E-state index contributed by atoms with van der Waals surface area (Å²) in [5.74, 6) is -0.837. The van der Waals surface area contributed by atoms with E-state index in [9.17, 15) is 17.6 Å². The van der Waals surface area contributed by atoms with Gasteiger partial charge in [0.1, 0.15) is 34.9 Å². The van der Waals surface area contributed by atoms with Crippen molar-refractivity contribution in [2.75, 3.05) is 26.3 Å². The van der Waals surface area contributed by atoms with Gasteiger partial charge in [-0.15, -0.1) is 0 Å². The van der Waals surface area contributed by atoms with Crippen LogP contribution in [0.25, 0.3) is 22.0 Å². The zero-order chi connectivity index (χ0) is 26.2. The number of carbonyl (C=O) groups excluding carboxylic acids is 1. The van der Waals surface area contributed by atoms with Crippen molar-refractivity contribution in [1.82, 2.24) is 9.29 Å². The second-order valence-corrected chi connectivity index (χ2v) is 10.8. The van der Waals surface area contributed by atoms with Crippen LogP contribution in [0.1, 0.15) is 10.5 Å². The molecule has 0 aliphatic carbocycles. The molecule has 5 rings (SSSR count). The minimum atomic E-state index is -4.15. The van der Waals surface area contributed by atoms with Gasteiger partial charge in [-0.3, -0.25) is 4.79 Å². The lowest BCUT2D eigenvalue weighted by atomic mass is 10.0. The van der Waals surface area contributed by atoms with Crippen LogP contribution in [-0.2, 0) is 14.8 Å². The lowest BCUT2D eigenvalue weighted by Crippen LogP contribution is -2.47. The Morgan fingerprint density at radius 1 is 1.14 bits per heavy atom. The molecule has 3 aromatic carbocycles. The quantitative estimate of drug-likeness (QED) is 0.363. The summed E-state index contributed by atoms with van der Waals surface area (Å²) in [5, 5.41) is 0.597. The van der Waals surface area contributed by atoms with Gasteiger partial charge >= 0.3 is 0 Å². The molecular weight excluding hydrogens is 521 g/mol. The topological polar surface area (TPSA) is 115 Å². The monoisotopic (exact) mass is 543 g/mol. The SMILES string of the molecule is NC(=O)c1[nH]c2ccc(Cl)cc2c1S(=O)(=O)N1CCO[C@H](COc2ccccc2-c2ccccc2F)C1. The number of benzene rings is 3. The molecule has 4 aromatic rings. The average Bonchev–Trinajstić information content (AvgIpc) is 3.28. The number of ether oxygens (including phenoxy) is 2. The van der Waals surface area contributed by atoms with Gasteiger partial charge in [0, 0.05) is 40.1 Å². The Balaban J connectivity index is 1.39. The van der Waals surface area contributed by atoms with E-state index in [0.717, 1.165) is 0 Å². The van der Waals surface area contributed by atoms with Crippen molar-refractivity contribution in [3.63, 3.8) is 0 Å². The van der Waals surface area contributed by atoms with Gasteiger partial charge in [-0.05, 0) is 30.3 Å². The fourth-order valence-electron chi connectivity index (χ4n) is 4.40. The molecule has 1 aliphatic rings. The van der Waals surface area contributed by atoms with Gasteiger partial charge in [-0.25, -0.2) is 12.8 Å². The van der Waals surface area contributed by atoms with Gasteiger partial charge in [0.2, 0.25) is 10.0 Å². The molecule has 0 bridgehead atoms. The summed E-state index contributed by atoms with van der Waals surface area (Å²) in [6, 6.07) is 18.1. The highest BCUT2D eigenvalue weighted by atomic mass is 35.5. The number of halogens is 2. The number of carbonyl (C=O) groups is 1. The highest BCUT2D eigenvalue weighted by Crippen LogP contribution is 2.34. The molecule has 0 spiro atoms. The maximum atomic E-state index is 14.4. The first-order valence-electron chi connectivity index (χ1n) is 11.4. The molecule has 0 saturated carbocycles. The number of H-pyrrole nitrogens is 1. The Morgan fingerprint density at radius 3 is 2.62 bits per heavy atom. The van der Waals surface area contributed by atoms with E-state index in [4.69, 9.17) is 26.8 Å². The number of morpholine rings is 1. The van der Waals surface area contributed by atoms with E-state index in [1.165, 1.54) is 16.4 Å². The predicted octanol–water partition coefficient (Wildman–Crippen LogP) is 4.19. The Kier molecular flexibility index (Phi) is 6.91. The van der Waals surface area contributed by atoms with Crippen molar-refractivity contribution in [3.05, 3.63) is 83.3 Å². The molecule has 1 atom stereocenters. The van der Waals surface area contributed by atoms with Gasteiger partial charge in [0.15, 0.2) is 0 Å². The van der Waals surface area contributed by atoms with E-state index in [2.05, 4.69) is 4.98 Å². The maximum Gasteiger partial charge on any atom is 0.266 e. The third-order valence-electron chi connectivity index (χ3n) is 6.13. The van der Waals surface area contributed by atoms with E-state index in [0.29, 0.717) is 27.4 Å². The van der Waals surface area contributed by atoms with Crippen LogP contribution in [0.4, 0.5) is 4.39 Å². The second kappa shape index (κ2) is 10.1. The summed E-state index contributed by atoms with van der Waals surface area (Å²) >= 11 is 6.11. The number of amides is 1. The number of aromatic nitrogens is 1. The molecule has 1 fully saturated rings. The second-order valence-electron chi connectivity index (χ2n) is 8.53. The third kappa shape index (κ3) is 4.93. The number of hydrogen-bond donors (Lipinski definition) is 2. The van der Waals surface area contributed by atoms with E-state index in [1.807, 2.05) is 0 Å². The number of primary amides is 1. The Labute approximate surface area is 217 Å². The predicted molar refractivity (Wildman–Crippen MR) is 138 cm³/mol. The van der Waals surface area contributed by atoms with Crippen LogP contribution >= 0.6 is 11.6 Å². The fourth-order valence-corrected chi connectivity index (χ4v) is 6.36. The minimum absolute atomic E-state index is 0.0182. The molecule has 0 radical (unpaired) electrons. The molecule has 3 N–H and O–H groups in total. The van der Waals surface area contributed by atoms with Crippen LogP contribution in [-0.4, -0.2) is 56.0 Å². The number of para-hydroxylation sites is 1. The van der Waals surface area contributed by atoms with Crippen molar-refractivity contribution in [2.24, 2.45) is 5.73 Å². The first-order valence-corrected chi connectivity index (χ1v) is 13.3. The lowest BCUT2D eigenvalue weighted by molar-refractivity contribution is -0.0248. The summed E-state index contributed by atoms with van der Waals surface area (Å²) in [6.45, 7) is 0.211. The summed E-state index contributed by atoms with van der Waals surface area (Å²) in [4.78, 5) is 14.7. The number of fused-ring (bicyclic) bond motifs is 1. The molecule has 8 nitrogen and oxygen atoms in total. The van der Waals surface area contributed by atoms with Crippen LogP contribution in [0.2, 0.25) is 5.02 Å². The number of aromatic amines is 1. The smallest absolute Gasteiger partial charge is 0.266 e. The molecule has 1 aromatic heterocycles. The normalized spacial score (nSPS) is 16.6. The number of hydrogen-bond acceptors (Lipinski definition) is 5. The largest absolute Gasteiger partial charge is 0.490 e. The molecule has 1 saturated heterocycles. The standard InChI is InChI=1S/C26H23ClFN3O5S/c27-16-9-10-22-20(13-16)25(24(30-22)26(29)32)37(33,34)31-11-12-35-17(14-31)15-36-23-8-4-2-6-19(23)18-5-1-3-7-21(18)28/h1-10,13,17,30H,11-12,14-15H2,(H2,29,32)/t17-/m0/s1. The van der Waals surface area contributed by atoms with E-state index >= 15 is 0 Å². The minimum Gasteiger partial charge on any atom is -0.490 e. The van der Waals surface area contributed by atoms with Crippen molar-refractivity contribution in [1.29, 1.82) is 0 Å². The fraction of sp³-hybridized carbons (Fsp3) is 0.192. The van der Waals surface area contributed by atoms with Gasteiger partial charge in [-0.1, -0.05) is 48.0 Å². The molecule has 1 aliphatic heterocycles. The lowest BCUT2D eigenvalue weighted by Gasteiger charge is -2.32. The summed E-state index contributed by atoms with van der Waals surface area (Å²) in [7, 11) is -4.15. The van der Waals surface area contributed by atoms with Gasteiger partial charge in [0.05, 0.1) is 6.61 Å². The third-order valence-corrected chi connectivity index (χ3v) is 8.32. The van der Waals surface area contributed by atoms with Crippen LogP contribution in [0.5, 0.6) is 5.75 Å². The molecule has 0 unspecified atom stereocenters. The average molecular weight is 544 g/mol. The number of nitrogens with two attached hydrogens (primary N) is 1. The summed E-state index contributed by atoms with van der Waals surface area (Å²) in [6.07, 6.45) is -0.608. The number of nitrogens with zero attached hydrogens (tertiary/aromatic N) is 1. The van der Waals surface area contributed by atoms with Crippen molar-refractivity contribution >= 4 is 38.4 Å². The van der Waals surface area contributed by atoms with Crippen LogP contribution in [0, 0.1) is 5.82 Å². The molecule has 2 heterocycles. The van der Waals surface area contributed by atoms with Crippen LogP contribution < -0.4 is 10.5 Å². The maximum absolute atomic E-state index is 14.4. The van der Waals surface area contributed by atoms with Crippen molar-refractivity contribution < 1.29 is 27.1 Å². The Morgan fingerprint density at radius 2 is 1.86 bits per heavy atom. The highest BCUT2D eigenvalue weighted by Gasteiger charge is 2.36. The van der Waals surface area contributed by atoms with Gasteiger partial charge in [0.25, 0.3) is 5.91 Å². The van der Waals surface area contributed by atoms with Crippen LogP contribution in [0.3, 0.4) is 0 Å². The number of rotatable bonds is 7. The summed E-state index contributed by atoms with van der Waals surface area (Å²) in [5.41, 5.74) is 6.67. The summed E-state index contributed by atoms with van der Waals surface area (Å²) < 4.78 is 54.8. The number of nitrogens with one attached hydrogen (secondary N) is 1. The zero-order valence-corrected chi connectivity index (χ0v) is 21.1. The Hall–Kier alpha value is -3.44. The van der Waals surface area contributed by atoms with Gasteiger partial charge in [-0.2, -0.15) is 4.31 Å². The van der Waals surface area contributed by atoms with E-state index in [-0.39, 0.29) is 48.1 Å². The molecule has 11 heteroatoms. The van der Waals surface area contributed by atoms with Crippen LogP contribution in [0.15, 0.2) is 71.6 Å². The molecule has 192 valence electrons. The molecular formula is C26H23ClFN3O5S. The first kappa shape index (κ1) is 25.2. The molecule has 1 amide bonds. The Bertz CT molecular complexity index is 1590. The first-order chi connectivity index (χ1) is 17.8. The van der Waals surface area contributed by atoms with Crippen molar-refractivity contribution in [2.45, 2.75) is 11.0 Å². The number of sulfonamides is 1. The highest BCUT2D eigenvalue weighted by molar-refractivity contribution is 7.89. The van der Waals surface area contributed by atoms with Crippen molar-refractivity contribution in [3.8, 4) is 16.9 Å². The zero-order valence-electron chi connectivity index (χ0n) is 19.5. The molecule has 37 heavy (non-hydrogen) atoms. The van der Waals surface area contributed by atoms with E-state index < -0.39 is 22.0 Å². The van der Waals surface area contributed by atoms with Gasteiger partial charge < -0.3 is 20.2 Å². The van der Waals surface area contributed by atoms with E-state index in [1.54, 1.807) is 54.6 Å².